The van der Waals surface area contributed by atoms with Gasteiger partial charge in [0.2, 0.25) is 0 Å². The number of rotatable bonds is 6. The number of aromatic nitrogens is 3. The standard InChI is InChI=1S/C22H20Cl2N4S/c1-13-26-19(16-6-3-7-17(23)22(16)24)12-21(27-13)25-10-4-5-15-8-9-18-20(11-15)29-14(2)28-18/h3,6-9,11-12H,4-5,10H2,1-2H3,(H,25,26,27). The Morgan fingerprint density at radius 1 is 1.00 bits per heavy atom. The van der Waals surface area contributed by atoms with Gasteiger partial charge in [0, 0.05) is 18.2 Å². The van der Waals surface area contributed by atoms with Crippen LogP contribution in [0.15, 0.2) is 42.5 Å². The largest absolute Gasteiger partial charge is 0.370 e. The first-order chi connectivity index (χ1) is 14.0. The molecule has 0 fully saturated rings. The van der Waals surface area contributed by atoms with Crippen molar-refractivity contribution >= 4 is 50.6 Å². The van der Waals surface area contributed by atoms with Crippen molar-refractivity contribution < 1.29 is 0 Å². The molecule has 0 unspecified atom stereocenters. The average molecular weight is 443 g/mol. The number of aryl methyl sites for hydroxylation is 3. The van der Waals surface area contributed by atoms with Gasteiger partial charge in [-0.15, -0.1) is 11.3 Å². The molecule has 0 spiro atoms. The van der Waals surface area contributed by atoms with Crippen LogP contribution >= 0.6 is 34.5 Å². The van der Waals surface area contributed by atoms with Gasteiger partial charge in [0.05, 0.1) is 31.0 Å². The number of halogens is 2. The quantitative estimate of drug-likeness (QED) is 0.336. The van der Waals surface area contributed by atoms with Crippen LogP contribution in [-0.2, 0) is 6.42 Å². The Labute approximate surface area is 184 Å². The minimum Gasteiger partial charge on any atom is -0.370 e. The summed E-state index contributed by atoms with van der Waals surface area (Å²) in [6.07, 6.45) is 2.00. The monoisotopic (exact) mass is 442 g/mol. The average Bonchev–Trinajstić information content (AvgIpc) is 3.06. The maximum atomic E-state index is 6.35. The van der Waals surface area contributed by atoms with Crippen LogP contribution in [0.25, 0.3) is 21.5 Å². The Kier molecular flexibility index (Phi) is 5.99. The van der Waals surface area contributed by atoms with Crippen molar-refractivity contribution in [1.29, 1.82) is 0 Å². The zero-order valence-electron chi connectivity index (χ0n) is 16.2. The Bertz CT molecular complexity index is 1170. The molecule has 4 rings (SSSR count). The van der Waals surface area contributed by atoms with Crippen LogP contribution in [0.1, 0.15) is 22.8 Å². The van der Waals surface area contributed by atoms with E-state index in [2.05, 4.69) is 38.5 Å². The summed E-state index contributed by atoms with van der Waals surface area (Å²) < 4.78 is 1.25. The second-order valence-corrected chi connectivity index (χ2v) is 8.87. The predicted molar refractivity (Wildman–Crippen MR) is 123 cm³/mol. The van der Waals surface area contributed by atoms with Gasteiger partial charge in [-0.05, 0) is 50.5 Å². The Morgan fingerprint density at radius 3 is 2.72 bits per heavy atom. The molecule has 0 saturated carbocycles. The summed E-state index contributed by atoms with van der Waals surface area (Å²) in [6, 6.07) is 14.0. The third-order valence-corrected chi connectivity index (χ3v) is 6.33. The van der Waals surface area contributed by atoms with Crippen molar-refractivity contribution in [1.82, 2.24) is 15.0 Å². The van der Waals surface area contributed by atoms with Gasteiger partial charge in [0.1, 0.15) is 11.6 Å². The number of hydrogen-bond acceptors (Lipinski definition) is 5. The van der Waals surface area contributed by atoms with Crippen molar-refractivity contribution in [3.63, 3.8) is 0 Å². The van der Waals surface area contributed by atoms with Crippen LogP contribution in [-0.4, -0.2) is 21.5 Å². The molecule has 29 heavy (non-hydrogen) atoms. The fourth-order valence-corrected chi connectivity index (χ4v) is 4.53. The molecule has 148 valence electrons. The summed E-state index contributed by atoms with van der Waals surface area (Å²) in [5.41, 5.74) is 3.98. The fraction of sp³-hybridized carbons (Fsp3) is 0.227. The second kappa shape index (κ2) is 8.66. The van der Waals surface area contributed by atoms with Gasteiger partial charge < -0.3 is 5.32 Å². The highest BCUT2D eigenvalue weighted by molar-refractivity contribution is 7.18. The van der Waals surface area contributed by atoms with Gasteiger partial charge in [0.15, 0.2) is 0 Å². The highest BCUT2D eigenvalue weighted by atomic mass is 35.5. The van der Waals surface area contributed by atoms with E-state index in [1.165, 1.54) is 10.3 Å². The lowest BCUT2D eigenvalue weighted by molar-refractivity contribution is 0.857. The normalized spacial score (nSPS) is 11.2. The highest BCUT2D eigenvalue weighted by Crippen LogP contribution is 2.33. The van der Waals surface area contributed by atoms with E-state index in [0.29, 0.717) is 15.9 Å². The molecule has 7 heteroatoms. The zero-order chi connectivity index (χ0) is 20.4. The third kappa shape index (κ3) is 4.69. The third-order valence-electron chi connectivity index (χ3n) is 4.57. The number of benzene rings is 2. The summed E-state index contributed by atoms with van der Waals surface area (Å²) in [4.78, 5) is 13.5. The molecule has 4 aromatic rings. The van der Waals surface area contributed by atoms with E-state index in [0.717, 1.165) is 47.0 Å². The molecule has 0 aliphatic carbocycles. The minimum absolute atomic E-state index is 0.506. The minimum atomic E-state index is 0.506. The Hall–Kier alpha value is -2.21. The maximum Gasteiger partial charge on any atom is 0.130 e. The molecule has 0 bridgehead atoms. The highest BCUT2D eigenvalue weighted by Gasteiger charge is 2.10. The maximum absolute atomic E-state index is 6.35. The van der Waals surface area contributed by atoms with E-state index in [-0.39, 0.29) is 0 Å². The Balaban J connectivity index is 1.41. The van der Waals surface area contributed by atoms with Crippen LogP contribution in [0.5, 0.6) is 0 Å². The first kappa shape index (κ1) is 20.1. The zero-order valence-corrected chi connectivity index (χ0v) is 18.5. The van der Waals surface area contributed by atoms with Crippen molar-refractivity contribution in [2.75, 3.05) is 11.9 Å². The van der Waals surface area contributed by atoms with Crippen LogP contribution < -0.4 is 5.32 Å². The number of nitrogens with zero attached hydrogens (tertiary/aromatic N) is 3. The Morgan fingerprint density at radius 2 is 1.86 bits per heavy atom. The van der Waals surface area contributed by atoms with Gasteiger partial charge >= 0.3 is 0 Å². The molecule has 0 aliphatic rings. The van der Waals surface area contributed by atoms with E-state index >= 15 is 0 Å². The van der Waals surface area contributed by atoms with Crippen LogP contribution in [0.3, 0.4) is 0 Å². The lowest BCUT2D eigenvalue weighted by atomic mass is 10.1. The van der Waals surface area contributed by atoms with E-state index in [9.17, 15) is 0 Å². The fourth-order valence-electron chi connectivity index (χ4n) is 3.25. The molecular weight excluding hydrogens is 423 g/mol. The topological polar surface area (TPSA) is 50.7 Å². The van der Waals surface area contributed by atoms with Crippen LogP contribution in [0, 0.1) is 13.8 Å². The van der Waals surface area contributed by atoms with E-state index < -0.39 is 0 Å². The molecule has 2 heterocycles. The molecule has 0 aliphatic heterocycles. The molecular formula is C22H20Cl2N4S. The van der Waals surface area contributed by atoms with E-state index in [4.69, 9.17) is 23.2 Å². The number of hydrogen-bond donors (Lipinski definition) is 1. The van der Waals surface area contributed by atoms with Gasteiger partial charge in [0.25, 0.3) is 0 Å². The van der Waals surface area contributed by atoms with Gasteiger partial charge in [-0.2, -0.15) is 0 Å². The summed E-state index contributed by atoms with van der Waals surface area (Å²) in [5.74, 6) is 1.48. The van der Waals surface area contributed by atoms with E-state index in [1.54, 1.807) is 17.4 Å². The molecule has 4 nitrogen and oxygen atoms in total. The van der Waals surface area contributed by atoms with Gasteiger partial charge in [-0.3, -0.25) is 0 Å². The van der Waals surface area contributed by atoms with Crippen LogP contribution in [0.4, 0.5) is 5.82 Å². The lowest BCUT2D eigenvalue weighted by Crippen LogP contribution is -2.06. The molecule has 0 saturated heterocycles. The smallest absolute Gasteiger partial charge is 0.130 e. The SMILES string of the molecule is Cc1nc(NCCCc2ccc3nc(C)sc3c2)cc(-c2cccc(Cl)c2Cl)n1. The summed E-state index contributed by atoms with van der Waals surface area (Å²) in [7, 11) is 0. The molecule has 2 aromatic heterocycles. The first-order valence-corrected chi connectivity index (χ1v) is 11.0. The number of anilines is 1. The number of thiazole rings is 1. The van der Waals surface area contributed by atoms with Crippen molar-refractivity contribution in [3.05, 3.63) is 68.9 Å². The second-order valence-electron chi connectivity index (χ2n) is 6.85. The van der Waals surface area contributed by atoms with E-state index in [1.807, 2.05) is 32.0 Å². The van der Waals surface area contributed by atoms with Crippen molar-refractivity contribution in [2.45, 2.75) is 26.7 Å². The number of fused-ring (bicyclic) bond motifs is 1. The van der Waals surface area contributed by atoms with Crippen molar-refractivity contribution in [3.8, 4) is 11.3 Å². The van der Waals surface area contributed by atoms with Gasteiger partial charge in [-0.25, -0.2) is 15.0 Å². The molecule has 2 aromatic carbocycles. The lowest BCUT2D eigenvalue weighted by Gasteiger charge is -2.10. The summed E-state index contributed by atoms with van der Waals surface area (Å²) >= 11 is 14.2. The molecule has 0 radical (unpaired) electrons. The molecule has 0 amide bonds. The van der Waals surface area contributed by atoms with Gasteiger partial charge in [-0.1, -0.05) is 41.4 Å². The van der Waals surface area contributed by atoms with Crippen LogP contribution in [0.2, 0.25) is 10.0 Å². The summed E-state index contributed by atoms with van der Waals surface area (Å²) in [5, 5.41) is 5.53. The predicted octanol–water partition coefficient (Wildman–Crippen LogP) is 6.72. The molecule has 1 N–H and O–H groups in total. The summed E-state index contributed by atoms with van der Waals surface area (Å²) in [6.45, 7) is 4.74. The van der Waals surface area contributed by atoms with Crippen molar-refractivity contribution in [2.24, 2.45) is 0 Å². The number of nitrogens with one attached hydrogen (secondary N) is 1. The first-order valence-electron chi connectivity index (χ1n) is 9.39. The molecule has 0 atom stereocenters.